The zero-order chi connectivity index (χ0) is 33.7. The van der Waals surface area contributed by atoms with E-state index in [0.29, 0.717) is 0 Å². The zero-order valence-electron chi connectivity index (χ0n) is 27.9. The number of fused-ring (bicyclic) bond motifs is 5. The quantitative estimate of drug-likeness (QED) is 0.172. The average molecular weight is 665 g/mol. The second kappa shape index (κ2) is 12.2. The fraction of sp³-hybridized carbons (Fsp3) is 0. The van der Waals surface area contributed by atoms with Crippen LogP contribution in [0.5, 0.6) is 0 Å². The molecule has 51 heavy (non-hydrogen) atoms. The van der Waals surface area contributed by atoms with E-state index in [2.05, 4.69) is 194 Å². The average Bonchev–Trinajstić information content (AvgIpc) is 3.61. The van der Waals surface area contributed by atoms with Crippen LogP contribution in [-0.2, 0) is 0 Å². The van der Waals surface area contributed by atoms with Crippen molar-refractivity contribution in [3.8, 4) is 54.9 Å². The number of thiophene rings is 1. The van der Waals surface area contributed by atoms with E-state index in [4.69, 9.17) is 0 Å². The Morgan fingerprint density at radius 1 is 0.275 bits per heavy atom. The minimum absolute atomic E-state index is 1.23. The highest BCUT2D eigenvalue weighted by atomic mass is 32.1. The predicted molar refractivity (Wildman–Crippen MR) is 222 cm³/mol. The van der Waals surface area contributed by atoms with Crippen LogP contribution in [0.1, 0.15) is 0 Å². The van der Waals surface area contributed by atoms with E-state index in [1.54, 1.807) is 0 Å². The molecule has 10 rings (SSSR count). The van der Waals surface area contributed by atoms with Gasteiger partial charge in [0.25, 0.3) is 0 Å². The Kier molecular flexibility index (Phi) is 7.11. The first kappa shape index (κ1) is 29.6. The van der Waals surface area contributed by atoms with Gasteiger partial charge in [0.15, 0.2) is 0 Å². The van der Waals surface area contributed by atoms with Crippen LogP contribution in [0.4, 0.5) is 0 Å². The van der Waals surface area contributed by atoms with Gasteiger partial charge in [0.1, 0.15) is 0 Å². The second-order valence-electron chi connectivity index (χ2n) is 13.2. The monoisotopic (exact) mass is 664 g/mol. The standard InChI is InChI=1S/C50H32S/c1-4-15-34(16-5-1)45-43-22-12-13-23-44(43)48-47(36-19-8-3-9-20-36)49(51-50(48)46(45)35-17-6-2-7-18-35)42-29-28-40-31-39(26-27-41(40)32-42)38-25-24-33-14-10-11-21-37(33)30-38/h1-32H. The molecule has 0 nitrogen and oxygen atoms in total. The Bertz CT molecular complexity index is 2880. The van der Waals surface area contributed by atoms with Crippen LogP contribution < -0.4 is 0 Å². The molecule has 0 unspecified atom stereocenters. The first-order valence-electron chi connectivity index (χ1n) is 17.5. The molecular weight excluding hydrogens is 633 g/mol. The molecule has 0 fully saturated rings. The van der Waals surface area contributed by atoms with Crippen LogP contribution in [0.3, 0.4) is 0 Å². The van der Waals surface area contributed by atoms with Crippen molar-refractivity contribution in [3.05, 3.63) is 194 Å². The molecule has 0 aliphatic rings. The Morgan fingerprint density at radius 3 is 1.33 bits per heavy atom. The zero-order valence-corrected chi connectivity index (χ0v) is 28.7. The van der Waals surface area contributed by atoms with Gasteiger partial charge < -0.3 is 0 Å². The van der Waals surface area contributed by atoms with E-state index in [1.807, 2.05) is 11.3 Å². The van der Waals surface area contributed by atoms with Crippen LogP contribution >= 0.6 is 11.3 Å². The van der Waals surface area contributed by atoms with E-state index in [-0.39, 0.29) is 0 Å². The Balaban J connectivity index is 1.25. The Labute approximate surface area is 301 Å². The maximum absolute atomic E-state index is 2.39. The summed E-state index contributed by atoms with van der Waals surface area (Å²) < 4.78 is 1.32. The lowest BCUT2D eigenvalue weighted by atomic mass is 9.86. The molecule has 0 N–H and O–H groups in total. The molecule has 0 amide bonds. The molecule has 0 aliphatic heterocycles. The molecule has 0 aliphatic carbocycles. The summed E-state index contributed by atoms with van der Waals surface area (Å²) in [6.07, 6.45) is 0. The Morgan fingerprint density at radius 2 is 0.706 bits per heavy atom. The van der Waals surface area contributed by atoms with Gasteiger partial charge in [-0.3, -0.25) is 0 Å². The highest BCUT2D eigenvalue weighted by molar-refractivity contribution is 7.24. The predicted octanol–water partition coefficient (Wildman–Crippen LogP) is 14.7. The third kappa shape index (κ3) is 5.05. The van der Waals surface area contributed by atoms with Gasteiger partial charge >= 0.3 is 0 Å². The molecule has 10 aromatic rings. The van der Waals surface area contributed by atoms with Gasteiger partial charge in [0, 0.05) is 26.1 Å². The maximum atomic E-state index is 2.39. The summed E-state index contributed by atoms with van der Waals surface area (Å²) in [6, 6.07) is 71.1. The third-order valence-corrected chi connectivity index (χ3v) is 11.5. The van der Waals surface area contributed by atoms with Crippen LogP contribution in [-0.4, -0.2) is 0 Å². The fourth-order valence-electron chi connectivity index (χ4n) is 7.84. The molecule has 238 valence electrons. The van der Waals surface area contributed by atoms with Crippen LogP contribution in [0.15, 0.2) is 194 Å². The van der Waals surface area contributed by atoms with Crippen LogP contribution in [0.25, 0.3) is 97.4 Å². The van der Waals surface area contributed by atoms with Crippen molar-refractivity contribution in [2.24, 2.45) is 0 Å². The van der Waals surface area contributed by atoms with Crippen LogP contribution in [0.2, 0.25) is 0 Å². The van der Waals surface area contributed by atoms with Crippen molar-refractivity contribution in [3.63, 3.8) is 0 Å². The first-order chi connectivity index (χ1) is 25.3. The van der Waals surface area contributed by atoms with E-state index in [1.165, 1.54) is 97.4 Å². The Hall–Kier alpha value is -6.28. The van der Waals surface area contributed by atoms with Gasteiger partial charge in [-0.05, 0) is 89.5 Å². The SMILES string of the molecule is c1ccc(-c2c(-c3ccccc3)c3sc(-c4ccc5cc(-c6ccc7ccccc7c6)ccc5c4)c(-c4ccccc4)c3c3ccccc23)cc1. The minimum atomic E-state index is 1.23. The van der Waals surface area contributed by atoms with Crippen molar-refractivity contribution >= 4 is 53.7 Å². The fourth-order valence-corrected chi connectivity index (χ4v) is 9.24. The number of hydrogen-bond donors (Lipinski definition) is 0. The molecule has 1 heteroatoms. The first-order valence-corrected chi connectivity index (χ1v) is 18.3. The van der Waals surface area contributed by atoms with Crippen molar-refractivity contribution in [1.29, 1.82) is 0 Å². The topological polar surface area (TPSA) is 0 Å². The van der Waals surface area contributed by atoms with Crippen molar-refractivity contribution in [1.82, 2.24) is 0 Å². The van der Waals surface area contributed by atoms with E-state index in [0.717, 1.165) is 0 Å². The molecular formula is C50H32S. The van der Waals surface area contributed by atoms with Crippen molar-refractivity contribution in [2.45, 2.75) is 0 Å². The summed E-state index contributed by atoms with van der Waals surface area (Å²) >= 11 is 1.93. The smallest absolute Gasteiger partial charge is 0.0446 e. The summed E-state index contributed by atoms with van der Waals surface area (Å²) in [7, 11) is 0. The highest BCUT2D eigenvalue weighted by Crippen LogP contribution is 2.54. The lowest BCUT2D eigenvalue weighted by molar-refractivity contribution is 1.64. The molecule has 1 heterocycles. The van der Waals surface area contributed by atoms with Gasteiger partial charge in [-0.25, -0.2) is 0 Å². The van der Waals surface area contributed by atoms with Gasteiger partial charge in [-0.15, -0.1) is 11.3 Å². The number of rotatable bonds is 5. The van der Waals surface area contributed by atoms with Gasteiger partial charge in [-0.2, -0.15) is 0 Å². The van der Waals surface area contributed by atoms with Gasteiger partial charge in [0.05, 0.1) is 0 Å². The summed E-state index contributed by atoms with van der Waals surface area (Å²) in [5.41, 5.74) is 11.3. The van der Waals surface area contributed by atoms with E-state index < -0.39 is 0 Å². The molecule has 0 spiro atoms. The second-order valence-corrected chi connectivity index (χ2v) is 14.3. The van der Waals surface area contributed by atoms with Crippen molar-refractivity contribution in [2.75, 3.05) is 0 Å². The summed E-state index contributed by atoms with van der Waals surface area (Å²) in [4.78, 5) is 1.30. The molecule has 9 aromatic carbocycles. The van der Waals surface area contributed by atoms with E-state index in [9.17, 15) is 0 Å². The lowest BCUT2D eigenvalue weighted by Crippen LogP contribution is -1.90. The number of benzene rings is 9. The molecule has 0 radical (unpaired) electrons. The molecule has 1 aromatic heterocycles. The molecule has 0 bridgehead atoms. The molecule has 0 saturated heterocycles. The maximum Gasteiger partial charge on any atom is 0.0446 e. The van der Waals surface area contributed by atoms with Gasteiger partial charge in [0.2, 0.25) is 0 Å². The third-order valence-electron chi connectivity index (χ3n) is 10.2. The van der Waals surface area contributed by atoms with E-state index >= 15 is 0 Å². The number of hydrogen-bond acceptors (Lipinski definition) is 1. The summed E-state index contributed by atoms with van der Waals surface area (Å²) in [5, 5.41) is 8.90. The molecule has 0 saturated carbocycles. The normalized spacial score (nSPS) is 11.5. The van der Waals surface area contributed by atoms with Crippen LogP contribution in [0, 0.1) is 0 Å². The highest BCUT2D eigenvalue weighted by Gasteiger charge is 2.25. The summed E-state index contributed by atoms with van der Waals surface area (Å²) in [6.45, 7) is 0. The molecule has 0 atom stereocenters. The lowest BCUT2D eigenvalue weighted by Gasteiger charge is -2.17. The van der Waals surface area contributed by atoms with Crippen molar-refractivity contribution < 1.29 is 0 Å². The summed E-state index contributed by atoms with van der Waals surface area (Å²) in [5.74, 6) is 0. The van der Waals surface area contributed by atoms with Gasteiger partial charge in [-0.1, -0.05) is 176 Å². The largest absolute Gasteiger partial charge is 0.134 e. The minimum Gasteiger partial charge on any atom is -0.134 e.